The van der Waals surface area contributed by atoms with E-state index in [1.807, 2.05) is 30.3 Å². The van der Waals surface area contributed by atoms with E-state index >= 15 is 0 Å². The quantitative estimate of drug-likeness (QED) is 0.896. The number of benzene rings is 1. The highest BCUT2D eigenvalue weighted by Crippen LogP contribution is 2.40. The van der Waals surface area contributed by atoms with Crippen molar-refractivity contribution >= 4 is 0 Å². The first-order chi connectivity index (χ1) is 9.14. The van der Waals surface area contributed by atoms with E-state index in [0.717, 1.165) is 11.4 Å². The van der Waals surface area contributed by atoms with Gasteiger partial charge in [-0.2, -0.15) is 5.10 Å². The molecule has 100 valence electrons. The lowest BCUT2D eigenvalue weighted by atomic mass is 9.86. The number of hydrogen-bond donors (Lipinski definition) is 1. The smallest absolute Gasteiger partial charge is 0.248 e. The zero-order chi connectivity index (χ0) is 13.3. The molecule has 1 fully saturated rings. The third kappa shape index (κ3) is 2.64. The highest BCUT2D eigenvalue weighted by Gasteiger charge is 2.36. The SMILES string of the molecule is FC1(F)CCC(c2nc(-c3ccccc3)n[nH]2)CC1. The van der Waals surface area contributed by atoms with Crippen LogP contribution in [-0.2, 0) is 0 Å². The van der Waals surface area contributed by atoms with E-state index in [2.05, 4.69) is 15.2 Å². The summed E-state index contributed by atoms with van der Waals surface area (Å²) in [6.45, 7) is 0. The number of nitrogens with zero attached hydrogens (tertiary/aromatic N) is 2. The Kier molecular flexibility index (Phi) is 3.05. The topological polar surface area (TPSA) is 41.6 Å². The lowest BCUT2D eigenvalue weighted by Crippen LogP contribution is -2.24. The predicted octanol–water partition coefficient (Wildman–Crippen LogP) is 3.76. The van der Waals surface area contributed by atoms with Crippen LogP contribution in [0.3, 0.4) is 0 Å². The fraction of sp³-hybridized carbons (Fsp3) is 0.429. The third-order valence-corrected chi connectivity index (χ3v) is 3.64. The molecule has 5 heteroatoms. The van der Waals surface area contributed by atoms with Gasteiger partial charge in [0.1, 0.15) is 5.82 Å². The molecule has 0 unspecified atom stereocenters. The van der Waals surface area contributed by atoms with Crippen molar-refractivity contribution in [3.05, 3.63) is 36.2 Å². The van der Waals surface area contributed by atoms with Gasteiger partial charge in [-0.25, -0.2) is 13.8 Å². The van der Waals surface area contributed by atoms with Crippen LogP contribution >= 0.6 is 0 Å². The van der Waals surface area contributed by atoms with Gasteiger partial charge in [-0.15, -0.1) is 0 Å². The van der Waals surface area contributed by atoms with Gasteiger partial charge < -0.3 is 0 Å². The van der Waals surface area contributed by atoms with Crippen LogP contribution in [0, 0.1) is 0 Å². The van der Waals surface area contributed by atoms with Crippen molar-refractivity contribution in [1.82, 2.24) is 15.2 Å². The molecule has 1 aromatic heterocycles. The Morgan fingerprint density at radius 3 is 2.47 bits per heavy atom. The standard InChI is InChI=1S/C14H15F2N3/c15-14(16)8-6-11(7-9-14)13-17-12(18-19-13)10-4-2-1-3-5-10/h1-5,11H,6-9H2,(H,17,18,19). The molecule has 1 saturated carbocycles. The number of aromatic nitrogens is 3. The average Bonchev–Trinajstić information content (AvgIpc) is 2.89. The number of rotatable bonds is 2. The molecule has 1 aliphatic rings. The fourth-order valence-corrected chi connectivity index (χ4v) is 2.49. The van der Waals surface area contributed by atoms with Crippen LogP contribution in [0.2, 0.25) is 0 Å². The number of aromatic amines is 1. The van der Waals surface area contributed by atoms with Crippen LogP contribution in [-0.4, -0.2) is 21.1 Å². The number of halogens is 2. The summed E-state index contributed by atoms with van der Waals surface area (Å²) in [7, 11) is 0. The molecule has 0 spiro atoms. The van der Waals surface area contributed by atoms with Crippen LogP contribution in [0.25, 0.3) is 11.4 Å². The number of hydrogen-bond acceptors (Lipinski definition) is 2. The second kappa shape index (κ2) is 4.72. The zero-order valence-corrected chi connectivity index (χ0v) is 10.4. The van der Waals surface area contributed by atoms with Gasteiger partial charge in [0.05, 0.1) is 0 Å². The molecule has 3 rings (SSSR count). The maximum atomic E-state index is 13.1. The van der Waals surface area contributed by atoms with Crippen molar-refractivity contribution in [2.45, 2.75) is 37.5 Å². The van der Waals surface area contributed by atoms with Gasteiger partial charge in [0.15, 0.2) is 5.82 Å². The van der Waals surface area contributed by atoms with Crippen LogP contribution in [0.5, 0.6) is 0 Å². The Morgan fingerprint density at radius 1 is 1.11 bits per heavy atom. The van der Waals surface area contributed by atoms with Crippen LogP contribution in [0.1, 0.15) is 37.4 Å². The third-order valence-electron chi connectivity index (χ3n) is 3.64. The Balaban J connectivity index is 1.76. The highest BCUT2D eigenvalue weighted by molar-refractivity contribution is 5.53. The number of nitrogens with one attached hydrogen (secondary N) is 1. The summed E-state index contributed by atoms with van der Waals surface area (Å²) >= 11 is 0. The summed E-state index contributed by atoms with van der Waals surface area (Å²) in [6, 6.07) is 9.64. The van der Waals surface area contributed by atoms with Gasteiger partial charge in [-0.05, 0) is 12.8 Å². The van der Waals surface area contributed by atoms with Gasteiger partial charge >= 0.3 is 0 Å². The molecule has 0 saturated heterocycles. The second-order valence-electron chi connectivity index (χ2n) is 5.04. The first kappa shape index (κ1) is 12.3. The molecule has 0 aliphatic heterocycles. The molecule has 19 heavy (non-hydrogen) atoms. The van der Waals surface area contributed by atoms with E-state index in [1.54, 1.807) is 0 Å². The summed E-state index contributed by atoms with van der Waals surface area (Å²) in [5, 5.41) is 7.07. The monoisotopic (exact) mass is 263 g/mol. The van der Waals surface area contributed by atoms with Crippen molar-refractivity contribution in [3.8, 4) is 11.4 Å². The van der Waals surface area contributed by atoms with Crippen molar-refractivity contribution in [3.63, 3.8) is 0 Å². The van der Waals surface area contributed by atoms with Gasteiger partial charge in [-0.1, -0.05) is 30.3 Å². The van der Waals surface area contributed by atoms with Crippen molar-refractivity contribution in [1.29, 1.82) is 0 Å². The molecule has 2 aromatic rings. The van der Waals surface area contributed by atoms with E-state index in [0.29, 0.717) is 18.7 Å². The van der Waals surface area contributed by atoms with Gasteiger partial charge in [0, 0.05) is 24.3 Å². The first-order valence-electron chi connectivity index (χ1n) is 6.50. The molecule has 0 amide bonds. The first-order valence-corrected chi connectivity index (χ1v) is 6.50. The van der Waals surface area contributed by atoms with Crippen LogP contribution < -0.4 is 0 Å². The van der Waals surface area contributed by atoms with E-state index < -0.39 is 5.92 Å². The molecular formula is C14H15F2N3. The molecule has 1 aliphatic carbocycles. The lowest BCUT2D eigenvalue weighted by Gasteiger charge is -2.26. The second-order valence-corrected chi connectivity index (χ2v) is 5.04. The molecule has 0 bridgehead atoms. The minimum absolute atomic E-state index is 0.0565. The van der Waals surface area contributed by atoms with E-state index in [-0.39, 0.29) is 18.8 Å². The zero-order valence-electron chi connectivity index (χ0n) is 10.4. The fourth-order valence-electron chi connectivity index (χ4n) is 2.49. The highest BCUT2D eigenvalue weighted by atomic mass is 19.3. The van der Waals surface area contributed by atoms with E-state index in [1.165, 1.54) is 0 Å². The minimum atomic E-state index is -2.50. The Bertz CT molecular complexity index is 541. The van der Waals surface area contributed by atoms with E-state index in [4.69, 9.17) is 0 Å². The molecule has 0 radical (unpaired) electrons. The Morgan fingerprint density at radius 2 is 1.79 bits per heavy atom. The summed E-state index contributed by atoms with van der Waals surface area (Å²) in [4.78, 5) is 4.44. The summed E-state index contributed by atoms with van der Waals surface area (Å²) in [6.07, 6.45) is 0.824. The molecule has 0 atom stereocenters. The van der Waals surface area contributed by atoms with Crippen LogP contribution in [0.15, 0.2) is 30.3 Å². The largest absolute Gasteiger partial charge is 0.262 e. The molecular weight excluding hydrogens is 248 g/mol. The molecule has 1 heterocycles. The lowest BCUT2D eigenvalue weighted by molar-refractivity contribution is -0.0387. The predicted molar refractivity (Wildman–Crippen MR) is 68.0 cm³/mol. The Hall–Kier alpha value is -1.78. The van der Waals surface area contributed by atoms with Gasteiger partial charge in [0.2, 0.25) is 5.92 Å². The van der Waals surface area contributed by atoms with Gasteiger partial charge in [-0.3, -0.25) is 5.10 Å². The maximum absolute atomic E-state index is 13.1. The van der Waals surface area contributed by atoms with Crippen molar-refractivity contribution in [2.24, 2.45) is 0 Å². The van der Waals surface area contributed by atoms with E-state index in [9.17, 15) is 8.78 Å². The summed E-state index contributed by atoms with van der Waals surface area (Å²) in [5.74, 6) is -1.06. The van der Waals surface area contributed by atoms with Crippen molar-refractivity contribution in [2.75, 3.05) is 0 Å². The number of alkyl halides is 2. The average molecular weight is 263 g/mol. The normalized spacial score (nSPS) is 19.5. The van der Waals surface area contributed by atoms with Gasteiger partial charge in [0.25, 0.3) is 0 Å². The minimum Gasteiger partial charge on any atom is -0.262 e. The molecule has 3 nitrogen and oxygen atoms in total. The number of H-pyrrole nitrogens is 1. The summed E-state index contributed by atoms with van der Waals surface area (Å²) < 4.78 is 26.2. The maximum Gasteiger partial charge on any atom is 0.248 e. The van der Waals surface area contributed by atoms with Crippen molar-refractivity contribution < 1.29 is 8.78 Å². The Labute approximate surface area is 110 Å². The summed E-state index contributed by atoms with van der Waals surface area (Å²) in [5.41, 5.74) is 0.936. The molecule has 1 aromatic carbocycles. The molecule has 1 N–H and O–H groups in total. The van der Waals surface area contributed by atoms with Crippen LogP contribution in [0.4, 0.5) is 8.78 Å².